The van der Waals surface area contributed by atoms with Gasteiger partial charge in [-0.3, -0.25) is 0 Å². The lowest BCUT2D eigenvalue weighted by molar-refractivity contribution is -0.139. The first kappa shape index (κ1) is 21.6. The molecule has 2 aromatic rings. The van der Waals surface area contributed by atoms with Crippen LogP contribution in [-0.4, -0.2) is 33.3 Å². The maximum Gasteiger partial charge on any atom is 0.355 e. The third kappa shape index (κ3) is 4.75. The van der Waals surface area contributed by atoms with E-state index >= 15 is 0 Å². The van der Waals surface area contributed by atoms with E-state index in [4.69, 9.17) is 18.9 Å². The van der Waals surface area contributed by atoms with Crippen molar-refractivity contribution < 1.29 is 32.9 Å². The van der Waals surface area contributed by atoms with E-state index in [2.05, 4.69) is 0 Å². The van der Waals surface area contributed by atoms with Gasteiger partial charge >= 0.3 is 11.9 Å². The first-order chi connectivity index (χ1) is 15.0. The van der Waals surface area contributed by atoms with Gasteiger partial charge in [0.15, 0.2) is 5.75 Å². The highest BCUT2D eigenvalue weighted by Gasteiger charge is 2.29. The van der Waals surface area contributed by atoms with E-state index in [1.54, 1.807) is 43.5 Å². The summed E-state index contributed by atoms with van der Waals surface area (Å²) in [5.74, 6) is -0.778. The maximum absolute atomic E-state index is 14.2. The smallest absolute Gasteiger partial charge is 0.355 e. The number of esters is 2. The van der Waals surface area contributed by atoms with Crippen molar-refractivity contribution in [3.63, 3.8) is 0 Å². The highest BCUT2D eigenvalue weighted by atomic mass is 19.1. The summed E-state index contributed by atoms with van der Waals surface area (Å²) in [5, 5.41) is 0. The summed E-state index contributed by atoms with van der Waals surface area (Å²) < 4.78 is 35.0. The van der Waals surface area contributed by atoms with Gasteiger partial charge in [-0.1, -0.05) is 6.08 Å². The van der Waals surface area contributed by atoms with Gasteiger partial charge < -0.3 is 23.8 Å². The number of methoxy groups -OCH3 is 3. The van der Waals surface area contributed by atoms with Gasteiger partial charge in [0.2, 0.25) is 0 Å². The molecule has 0 saturated heterocycles. The first-order valence-electron chi connectivity index (χ1n) is 9.15. The molecule has 0 aliphatic carbocycles. The molecule has 1 heterocycles. The lowest BCUT2D eigenvalue weighted by Crippen LogP contribution is -2.27. The monoisotopic (exact) mass is 425 g/mol. The van der Waals surface area contributed by atoms with Crippen LogP contribution >= 0.6 is 0 Å². The van der Waals surface area contributed by atoms with Gasteiger partial charge in [-0.25, -0.2) is 14.0 Å². The molecule has 0 bridgehead atoms. The van der Waals surface area contributed by atoms with Crippen molar-refractivity contribution in [1.29, 1.82) is 0 Å². The van der Waals surface area contributed by atoms with Gasteiger partial charge in [-0.2, -0.15) is 0 Å². The third-order valence-corrected chi connectivity index (χ3v) is 4.36. The van der Waals surface area contributed by atoms with Crippen LogP contribution in [0.3, 0.4) is 0 Å². The standard InChI is InChI=1S/C23H20FNO6/c1-28-16-8-10-17(11-9-16)31-20-12-7-15(24)14-19(20)25-13-5-4-6-18(22(26)29-2)21(25)23(27)30-3/h4-14H,1-3H3. The van der Waals surface area contributed by atoms with Crippen LogP contribution in [0.1, 0.15) is 0 Å². The summed E-state index contributed by atoms with van der Waals surface area (Å²) in [6, 6.07) is 10.6. The van der Waals surface area contributed by atoms with E-state index in [-0.39, 0.29) is 22.7 Å². The third-order valence-electron chi connectivity index (χ3n) is 4.36. The van der Waals surface area contributed by atoms with Crippen LogP contribution in [0.15, 0.2) is 78.2 Å². The molecule has 31 heavy (non-hydrogen) atoms. The van der Waals surface area contributed by atoms with Crippen LogP contribution in [0.25, 0.3) is 0 Å². The van der Waals surface area contributed by atoms with Crippen molar-refractivity contribution in [2.24, 2.45) is 0 Å². The molecular formula is C23H20FNO6. The quantitative estimate of drug-likeness (QED) is 0.645. The predicted octanol–water partition coefficient (Wildman–Crippen LogP) is 4.12. The molecule has 0 atom stereocenters. The second-order valence-corrected chi connectivity index (χ2v) is 6.21. The molecule has 0 aromatic heterocycles. The van der Waals surface area contributed by atoms with E-state index < -0.39 is 17.8 Å². The Bertz CT molecular complexity index is 1070. The maximum atomic E-state index is 14.2. The Hall–Kier alpha value is -4.07. The Labute approximate surface area is 178 Å². The van der Waals surface area contributed by atoms with Gasteiger partial charge in [0, 0.05) is 12.3 Å². The second kappa shape index (κ2) is 9.62. The van der Waals surface area contributed by atoms with E-state index in [9.17, 15) is 14.0 Å². The lowest BCUT2D eigenvalue weighted by atomic mass is 10.1. The Morgan fingerprint density at radius 2 is 1.55 bits per heavy atom. The molecule has 1 aliphatic heterocycles. The number of rotatable bonds is 6. The number of allylic oxidation sites excluding steroid dienone is 2. The summed E-state index contributed by atoms with van der Waals surface area (Å²) in [6.07, 6.45) is 6.05. The minimum Gasteiger partial charge on any atom is -0.497 e. The number of nitrogens with zero attached hydrogens (tertiary/aromatic N) is 1. The van der Waals surface area contributed by atoms with Crippen molar-refractivity contribution in [1.82, 2.24) is 0 Å². The minimum atomic E-state index is -0.809. The molecule has 0 spiro atoms. The normalized spacial score (nSPS) is 13.0. The summed E-state index contributed by atoms with van der Waals surface area (Å²) in [6.45, 7) is 0. The largest absolute Gasteiger partial charge is 0.497 e. The van der Waals surface area contributed by atoms with Gasteiger partial charge in [-0.15, -0.1) is 0 Å². The van der Waals surface area contributed by atoms with Crippen molar-refractivity contribution in [3.05, 3.63) is 84.0 Å². The molecule has 2 aromatic carbocycles. The van der Waals surface area contributed by atoms with Crippen LogP contribution in [0.2, 0.25) is 0 Å². The number of carbonyl (C=O) groups is 2. The number of carbonyl (C=O) groups excluding carboxylic acids is 2. The zero-order valence-electron chi connectivity index (χ0n) is 17.1. The van der Waals surface area contributed by atoms with Gasteiger partial charge in [0.25, 0.3) is 0 Å². The van der Waals surface area contributed by atoms with E-state index in [1.807, 2.05) is 0 Å². The summed E-state index contributed by atoms with van der Waals surface area (Å²) in [7, 11) is 3.93. The Morgan fingerprint density at radius 1 is 0.871 bits per heavy atom. The number of hydrogen-bond acceptors (Lipinski definition) is 7. The molecule has 0 fully saturated rings. The summed E-state index contributed by atoms with van der Waals surface area (Å²) >= 11 is 0. The van der Waals surface area contributed by atoms with E-state index in [0.29, 0.717) is 11.5 Å². The summed E-state index contributed by atoms with van der Waals surface area (Å²) in [5.41, 5.74) is -0.0267. The number of hydrogen-bond donors (Lipinski definition) is 0. The van der Waals surface area contributed by atoms with Crippen LogP contribution in [-0.2, 0) is 19.1 Å². The second-order valence-electron chi connectivity index (χ2n) is 6.21. The average molecular weight is 425 g/mol. The highest BCUT2D eigenvalue weighted by Crippen LogP contribution is 2.37. The van der Waals surface area contributed by atoms with Crippen LogP contribution < -0.4 is 14.4 Å². The van der Waals surface area contributed by atoms with Gasteiger partial charge in [0.1, 0.15) is 23.0 Å². The number of halogens is 1. The Balaban J connectivity index is 2.13. The number of ether oxygens (including phenoxy) is 4. The molecule has 0 radical (unpaired) electrons. The first-order valence-corrected chi connectivity index (χ1v) is 9.15. The SMILES string of the molecule is COC(=O)C1=C(C(=O)OC)N(c2cc(F)ccc2Oc2ccc(OC)cc2)C=CC=C1. The van der Waals surface area contributed by atoms with Gasteiger partial charge in [-0.05, 0) is 48.6 Å². The van der Waals surface area contributed by atoms with E-state index in [0.717, 1.165) is 0 Å². The fourth-order valence-electron chi connectivity index (χ4n) is 2.89. The lowest BCUT2D eigenvalue weighted by Gasteiger charge is -2.25. The van der Waals surface area contributed by atoms with Crippen molar-refractivity contribution in [3.8, 4) is 17.2 Å². The molecule has 160 valence electrons. The molecule has 3 rings (SSSR count). The molecule has 0 unspecified atom stereocenters. The molecular weight excluding hydrogens is 405 g/mol. The Kier molecular flexibility index (Phi) is 6.71. The number of benzene rings is 2. The minimum absolute atomic E-state index is 0.0565. The molecule has 0 N–H and O–H groups in total. The van der Waals surface area contributed by atoms with Crippen molar-refractivity contribution >= 4 is 17.6 Å². The molecule has 1 aliphatic rings. The fraction of sp³-hybridized carbons (Fsp3) is 0.130. The molecule has 0 amide bonds. The molecule has 7 nitrogen and oxygen atoms in total. The molecule has 0 saturated carbocycles. The van der Waals surface area contributed by atoms with Gasteiger partial charge in [0.05, 0.1) is 32.6 Å². The molecule has 8 heteroatoms. The van der Waals surface area contributed by atoms with Crippen molar-refractivity contribution in [2.45, 2.75) is 0 Å². The van der Waals surface area contributed by atoms with Crippen LogP contribution in [0.5, 0.6) is 17.2 Å². The summed E-state index contributed by atoms with van der Waals surface area (Å²) in [4.78, 5) is 26.3. The van der Waals surface area contributed by atoms with E-state index in [1.165, 1.54) is 49.6 Å². The number of anilines is 1. The zero-order chi connectivity index (χ0) is 22.4. The van der Waals surface area contributed by atoms with Crippen LogP contribution in [0.4, 0.5) is 10.1 Å². The predicted molar refractivity (Wildman–Crippen MR) is 111 cm³/mol. The Morgan fingerprint density at radius 3 is 2.19 bits per heavy atom. The fourth-order valence-corrected chi connectivity index (χ4v) is 2.89. The highest BCUT2D eigenvalue weighted by molar-refractivity contribution is 6.05. The van der Waals surface area contributed by atoms with Crippen LogP contribution in [0, 0.1) is 5.82 Å². The van der Waals surface area contributed by atoms with Crippen molar-refractivity contribution in [2.75, 3.05) is 26.2 Å². The topological polar surface area (TPSA) is 74.3 Å². The average Bonchev–Trinajstić information content (AvgIpc) is 3.02. The zero-order valence-corrected chi connectivity index (χ0v) is 17.1.